The van der Waals surface area contributed by atoms with Crippen LogP contribution >= 0.6 is 23.1 Å². The Bertz CT molecular complexity index is 1030. The standard InChI is InChI=1S/C23H28N4OS2/c1-14-4-9-18-19(10-14)30-23-20(18)22(25-13-26-23)29-12-17-11-24-21(28-17)15-5-7-16(8-6-15)27(2)3/h5-8,13-14,17,21,24H,4,9-12H2,1-3H3. The molecule has 0 bridgehead atoms. The molecule has 3 unspecified atom stereocenters. The van der Waals surface area contributed by atoms with E-state index in [-0.39, 0.29) is 12.3 Å². The normalized spacial score (nSPS) is 23.6. The van der Waals surface area contributed by atoms with Gasteiger partial charge < -0.3 is 9.64 Å². The molecule has 0 spiro atoms. The van der Waals surface area contributed by atoms with Gasteiger partial charge in [0.1, 0.15) is 22.4 Å². The summed E-state index contributed by atoms with van der Waals surface area (Å²) in [6.07, 6.45) is 5.47. The second-order valence-electron chi connectivity index (χ2n) is 8.55. The molecule has 5 rings (SSSR count). The van der Waals surface area contributed by atoms with Crippen LogP contribution in [0.4, 0.5) is 5.69 Å². The zero-order chi connectivity index (χ0) is 20.7. The lowest BCUT2D eigenvalue weighted by atomic mass is 9.89. The number of fused-ring (bicyclic) bond motifs is 3. The van der Waals surface area contributed by atoms with E-state index >= 15 is 0 Å². The summed E-state index contributed by atoms with van der Waals surface area (Å²) in [7, 11) is 4.11. The van der Waals surface area contributed by atoms with E-state index in [4.69, 9.17) is 4.74 Å². The Hall–Kier alpha value is -1.67. The number of thiophene rings is 1. The van der Waals surface area contributed by atoms with Gasteiger partial charge in [0.25, 0.3) is 0 Å². The summed E-state index contributed by atoms with van der Waals surface area (Å²) < 4.78 is 6.30. The van der Waals surface area contributed by atoms with Crippen molar-refractivity contribution in [3.8, 4) is 0 Å². The van der Waals surface area contributed by atoms with Crippen LogP contribution in [0.3, 0.4) is 0 Å². The van der Waals surface area contributed by atoms with E-state index in [9.17, 15) is 0 Å². The second-order valence-corrected chi connectivity index (χ2v) is 10.6. The molecule has 1 fully saturated rings. The topological polar surface area (TPSA) is 50.3 Å². The van der Waals surface area contributed by atoms with E-state index in [1.807, 2.05) is 23.1 Å². The van der Waals surface area contributed by atoms with Gasteiger partial charge in [0.05, 0.1) is 6.10 Å². The summed E-state index contributed by atoms with van der Waals surface area (Å²) in [5.41, 5.74) is 3.88. The van der Waals surface area contributed by atoms with E-state index in [1.54, 1.807) is 6.33 Å². The van der Waals surface area contributed by atoms with Crippen LogP contribution in [-0.2, 0) is 17.6 Å². The molecule has 1 saturated heterocycles. The van der Waals surface area contributed by atoms with Crippen molar-refractivity contribution < 1.29 is 4.74 Å². The molecule has 3 aromatic rings. The van der Waals surface area contributed by atoms with Crippen molar-refractivity contribution in [1.82, 2.24) is 15.3 Å². The number of hydrogen-bond donors (Lipinski definition) is 1. The maximum absolute atomic E-state index is 6.30. The maximum Gasteiger partial charge on any atom is 0.134 e. The molecule has 7 heteroatoms. The minimum absolute atomic E-state index is 0.0346. The Kier molecular flexibility index (Phi) is 5.71. The molecule has 3 atom stereocenters. The molecule has 1 aliphatic heterocycles. The number of thioether (sulfide) groups is 1. The van der Waals surface area contributed by atoms with Crippen LogP contribution < -0.4 is 10.2 Å². The number of anilines is 1. The second kappa shape index (κ2) is 8.46. The lowest BCUT2D eigenvalue weighted by Crippen LogP contribution is -2.17. The van der Waals surface area contributed by atoms with Crippen LogP contribution in [0, 0.1) is 5.92 Å². The molecule has 1 aromatic carbocycles. The highest BCUT2D eigenvalue weighted by atomic mass is 32.2. The first-order valence-corrected chi connectivity index (χ1v) is 12.4. The molecule has 158 valence electrons. The third-order valence-electron chi connectivity index (χ3n) is 6.03. The van der Waals surface area contributed by atoms with Gasteiger partial charge in [-0.05, 0) is 48.4 Å². The molecule has 3 heterocycles. The fraction of sp³-hybridized carbons (Fsp3) is 0.478. The lowest BCUT2D eigenvalue weighted by molar-refractivity contribution is 0.0535. The van der Waals surface area contributed by atoms with E-state index in [2.05, 4.69) is 65.5 Å². The number of hydrogen-bond acceptors (Lipinski definition) is 7. The molecule has 0 saturated carbocycles. The van der Waals surface area contributed by atoms with Gasteiger partial charge in [-0.25, -0.2) is 9.97 Å². The van der Waals surface area contributed by atoms with Crippen molar-refractivity contribution in [3.05, 3.63) is 46.6 Å². The first-order chi connectivity index (χ1) is 14.6. The monoisotopic (exact) mass is 440 g/mol. The maximum atomic E-state index is 6.30. The van der Waals surface area contributed by atoms with Crippen LogP contribution in [0.25, 0.3) is 10.2 Å². The predicted octanol–water partition coefficient (Wildman–Crippen LogP) is 4.66. The summed E-state index contributed by atoms with van der Waals surface area (Å²) in [4.78, 5) is 14.0. The highest BCUT2D eigenvalue weighted by Crippen LogP contribution is 2.41. The largest absolute Gasteiger partial charge is 0.378 e. The van der Waals surface area contributed by atoms with Crippen molar-refractivity contribution in [2.24, 2.45) is 5.92 Å². The van der Waals surface area contributed by atoms with Crippen LogP contribution in [0.5, 0.6) is 0 Å². The number of benzene rings is 1. The molecule has 1 aliphatic carbocycles. The molecule has 30 heavy (non-hydrogen) atoms. The minimum Gasteiger partial charge on any atom is -0.378 e. The van der Waals surface area contributed by atoms with Gasteiger partial charge in [0, 0.05) is 42.3 Å². The van der Waals surface area contributed by atoms with E-state index in [0.29, 0.717) is 0 Å². The zero-order valence-electron chi connectivity index (χ0n) is 17.7. The van der Waals surface area contributed by atoms with Gasteiger partial charge >= 0.3 is 0 Å². The van der Waals surface area contributed by atoms with Crippen LogP contribution in [0.2, 0.25) is 0 Å². The van der Waals surface area contributed by atoms with Gasteiger partial charge in [0.2, 0.25) is 0 Å². The first kappa shape index (κ1) is 20.2. The number of ether oxygens (including phenoxy) is 1. The molecule has 0 radical (unpaired) electrons. The Labute approximate surface area is 186 Å². The van der Waals surface area contributed by atoms with Crippen molar-refractivity contribution in [2.45, 2.75) is 43.5 Å². The van der Waals surface area contributed by atoms with Crippen molar-refractivity contribution in [3.63, 3.8) is 0 Å². The fourth-order valence-corrected chi connectivity index (χ4v) is 6.74. The lowest BCUT2D eigenvalue weighted by Gasteiger charge is -2.18. The number of aryl methyl sites for hydroxylation is 1. The molecule has 0 amide bonds. The molecular weight excluding hydrogens is 412 g/mol. The van der Waals surface area contributed by atoms with Crippen LogP contribution in [0.1, 0.15) is 35.6 Å². The summed E-state index contributed by atoms with van der Waals surface area (Å²) in [6.45, 7) is 3.21. The molecular formula is C23H28N4OS2. The SMILES string of the molecule is CC1CCc2c(sc3ncnc(SCC4CNC(c5ccc(N(C)C)cc5)O4)c23)C1. The summed E-state index contributed by atoms with van der Waals surface area (Å²) in [5, 5.41) is 5.94. The quantitative estimate of drug-likeness (QED) is 0.460. The minimum atomic E-state index is -0.0346. The van der Waals surface area contributed by atoms with E-state index < -0.39 is 0 Å². The summed E-state index contributed by atoms with van der Waals surface area (Å²) in [6, 6.07) is 8.57. The molecule has 1 N–H and O–H groups in total. The molecule has 5 nitrogen and oxygen atoms in total. The smallest absolute Gasteiger partial charge is 0.134 e. The number of nitrogens with zero attached hydrogens (tertiary/aromatic N) is 3. The average molecular weight is 441 g/mol. The molecule has 2 aromatic heterocycles. The van der Waals surface area contributed by atoms with Gasteiger partial charge in [-0.2, -0.15) is 0 Å². The highest BCUT2D eigenvalue weighted by molar-refractivity contribution is 7.99. The van der Waals surface area contributed by atoms with Crippen molar-refractivity contribution in [2.75, 3.05) is 31.3 Å². The van der Waals surface area contributed by atoms with E-state index in [0.717, 1.165) is 34.5 Å². The van der Waals surface area contributed by atoms with Crippen molar-refractivity contribution in [1.29, 1.82) is 0 Å². The van der Waals surface area contributed by atoms with Gasteiger partial charge in [-0.15, -0.1) is 23.1 Å². The first-order valence-electron chi connectivity index (χ1n) is 10.6. The Balaban J connectivity index is 1.26. The number of aromatic nitrogens is 2. The number of nitrogens with one attached hydrogen (secondary N) is 1. The van der Waals surface area contributed by atoms with E-state index in [1.165, 1.54) is 39.9 Å². The Morgan fingerprint density at radius 2 is 2.07 bits per heavy atom. The van der Waals surface area contributed by atoms with Crippen LogP contribution in [0.15, 0.2) is 35.6 Å². The Morgan fingerprint density at radius 3 is 2.87 bits per heavy atom. The zero-order valence-corrected chi connectivity index (χ0v) is 19.4. The summed E-state index contributed by atoms with van der Waals surface area (Å²) in [5.74, 6) is 1.67. The van der Waals surface area contributed by atoms with Gasteiger partial charge in [-0.3, -0.25) is 5.32 Å². The third kappa shape index (κ3) is 3.96. The third-order valence-corrected chi connectivity index (χ3v) is 8.32. The predicted molar refractivity (Wildman–Crippen MR) is 126 cm³/mol. The van der Waals surface area contributed by atoms with Gasteiger partial charge in [-0.1, -0.05) is 19.1 Å². The fourth-order valence-electron chi connectivity index (χ4n) is 4.30. The van der Waals surface area contributed by atoms with Crippen LogP contribution in [-0.4, -0.2) is 42.5 Å². The number of rotatable bonds is 5. The highest BCUT2D eigenvalue weighted by Gasteiger charge is 2.27. The molecule has 2 aliphatic rings. The van der Waals surface area contributed by atoms with Crippen molar-refractivity contribution >= 4 is 39.0 Å². The summed E-state index contributed by atoms with van der Waals surface area (Å²) >= 11 is 3.68. The average Bonchev–Trinajstić information content (AvgIpc) is 3.36. The van der Waals surface area contributed by atoms with Gasteiger partial charge in [0.15, 0.2) is 0 Å². The Morgan fingerprint density at radius 1 is 1.23 bits per heavy atom.